The van der Waals surface area contributed by atoms with Crippen molar-refractivity contribution in [2.45, 2.75) is 10.8 Å². The minimum Gasteiger partial charge on any atom is -0.310 e. The summed E-state index contributed by atoms with van der Waals surface area (Å²) in [6.07, 6.45) is 0. The van der Waals surface area contributed by atoms with Crippen LogP contribution in [0.25, 0.3) is 75.8 Å². The lowest BCUT2D eigenvalue weighted by atomic mass is 9.70. The SMILES string of the molecule is c1ccc(N(c2ccc3c(c2)C2(c4ccccc4-c4ccccc42)c2ccccc2-3)c2ccc3c(c2)C2(c4ccccc4-c4ccccc42)c2cccc(-c4cccc5c4sc4ccccc45)c2-3)cc1. The first-order valence-corrected chi connectivity index (χ1v) is 25.2. The van der Waals surface area contributed by atoms with Crippen LogP contribution < -0.4 is 4.90 Å². The Bertz CT molecular complexity index is 4100. The van der Waals surface area contributed by atoms with Crippen molar-refractivity contribution in [2.24, 2.45) is 0 Å². The number of thiophene rings is 1. The van der Waals surface area contributed by atoms with Crippen molar-refractivity contribution >= 4 is 48.6 Å². The minimum atomic E-state index is -0.540. The first-order chi connectivity index (χ1) is 34.7. The molecule has 0 N–H and O–H groups in total. The van der Waals surface area contributed by atoms with Crippen molar-refractivity contribution in [1.82, 2.24) is 0 Å². The third kappa shape index (κ3) is 4.72. The summed E-state index contributed by atoms with van der Waals surface area (Å²) in [6, 6.07) is 94.2. The van der Waals surface area contributed by atoms with Gasteiger partial charge in [-0.25, -0.2) is 0 Å². The summed E-state index contributed by atoms with van der Waals surface area (Å²) < 4.78 is 2.66. The zero-order valence-corrected chi connectivity index (χ0v) is 38.8. The lowest BCUT2D eigenvalue weighted by molar-refractivity contribution is 0.792. The lowest BCUT2D eigenvalue weighted by Gasteiger charge is -2.33. The Kier molecular flexibility index (Phi) is 7.69. The molecule has 0 saturated carbocycles. The molecule has 0 saturated heterocycles. The van der Waals surface area contributed by atoms with Gasteiger partial charge in [0, 0.05) is 42.8 Å². The van der Waals surface area contributed by atoms with Gasteiger partial charge in [0.05, 0.1) is 10.8 Å². The maximum Gasteiger partial charge on any atom is 0.0726 e. The Labute approximate surface area is 410 Å². The van der Waals surface area contributed by atoms with Gasteiger partial charge in [-0.2, -0.15) is 0 Å². The zero-order valence-electron chi connectivity index (χ0n) is 38.0. The molecule has 1 heterocycles. The summed E-state index contributed by atoms with van der Waals surface area (Å²) in [5.41, 5.74) is 26.1. The van der Waals surface area contributed by atoms with Gasteiger partial charge in [0.2, 0.25) is 0 Å². The smallest absolute Gasteiger partial charge is 0.0726 e. The molecule has 11 aromatic carbocycles. The van der Waals surface area contributed by atoms with Crippen LogP contribution in [0.1, 0.15) is 44.5 Å². The van der Waals surface area contributed by atoms with Gasteiger partial charge < -0.3 is 4.90 Å². The Hall–Kier alpha value is -8.56. The minimum absolute atomic E-state index is 0.452. The van der Waals surface area contributed by atoms with E-state index in [0.29, 0.717) is 0 Å². The number of para-hydroxylation sites is 1. The highest BCUT2D eigenvalue weighted by atomic mass is 32.1. The molecule has 0 atom stereocenters. The molecule has 2 heteroatoms. The predicted molar refractivity (Wildman–Crippen MR) is 292 cm³/mol. The molecule has 1 aromatic heterocycles. The quantitative estimate of drug-likeness (QED) is 0.170. The average Bonchev–Trinajstić information content (AvgIpc) is 4.21. The van der Waals surface area contributed by atoms with Crippen LogP contribution in [0.5, 0.6) is 0 Å². The fourth-order valence-electron chi connectivity index (χ4n) is 13.7. The van der Waals surface area contributed by atoms with Gasteiger partial charge in [-0.3, -0.25) is 0 Å². The average molecular weight is 904 g/mol. The van der Waals surface area contributed by atoms with Gasteiger partial charge in [0.1, 0.15) is 0 Å². The van der Waals surface area contributed by atoms with Gasteiger partial charge in [-0.15, -0.1) is 11.3 Å². The van der Waals surface area contributed by atoms with Crippen LogP contribution in [0.2, 0.25) is 0 Å². The zero-order chi connectivity index (χ0) is 45.7. The molecule has 1 nitrogen and oxygen atoms in total. The summed E-state index contributed by atoms with van der Waals surface area (Å²) in [5, 5.41) is 2.64. The second-order valence-corrected chi connectivity index (χ2v) is 20.4. The van der Waals surface area contributed by atoms with Crippen LogP contribution in [-0.2, 0) is 10.8 Å². The second kappa shape index (κ2) is 14.0. The molecule has 70 heavy (non-hydrogen) atoms. The molecule has 4 aliphatic rings. The van der Waals surface area contributed by atoms with Gasteiger partial charge in [-0.1, -0.05) is 206 Å². The molecule has 0 bridgehead atoms. The number of hydrogen-bond donors (Lipinski definition) is 0. The Morgan fingerprint density at radius 3 is 1.24 bits per heavy atom. The fourth-order valence-corrected chi connectivity index (χ4v) is 15.0. The number of rotatable bonds is 4. The number of benzene rings is 11. The summed E-state index contributed by atoms with van der Waals surface area (Å²) in [4.78, 5) is 2.51. The summed E-state index contributed by atoms with van der Waals surface area (Å²) in [5.74, 6) is 0. The van der Waals surface area contributed by atoms with E-state index in [2.05, 4.69) is 254 Å². The Morgan fingerprint density at radius 2 is 0.657 bits per heavy atom. The first kappa shape index (κ1) is 38.4. The van der Waals surface area contributed by atoms with Crippen molar-refractivity contribution in [3.8, 4) is 55.6 Å². The van der Waals surface area contributed by atoms with Crippen molar-refractivity contribution in [1.29, 1.82) is 0 Å². The molecule has 0 fully saturated rings. The van der Waals surface area contributed by atoms with Gasteiger partial charge in [-0.05, 0) is 137 Å². The van der Waals surface area contributed by atoms with Crippen LogP contribution in [0.15, 0.2) is 249 Å². The van der Waals surface area contributed by atoms with Crippen LogP contribution >= 0.6 is 11.3 Å². The van der Waals surface area contributed by atoms with Gasteiger partial charge >= 0.3 is 0 Å². The van der Waals surface area contributed by atoms with E-state index in [1.165, 1.54) is 120 Å². The number of nitrogens with zero attached hydrogens (tertiary/aromatic N) is 1. The molecule has 0 aliphatic heterocycles. The number of anilines is 3. The normalized spacial score (nSPS) is 14.2. The van der Waals surface area contributed by atoms with Crippen LogP contribution in [0, 0.1) is 0 Å². The third-order valence-electron chi connectivity index (χ3n) is 16.3. The number of hydrogen-bond acceptors (Lipinski definition) is 2. The predicted octanol–water partition coefficient (Wildman–Crippen LogP) is 17.9. The van der Waals surface area contributed by atoms with E-state index in [9.17, 15) is 0 Å². The highest BCUT2D eigenvalue weighted by Crippen LogP contribution is 2.66. The highest BCUT2D eigenvalue weighted by molar-refractivity contribution is 7.26. The van der Waals surface area contributed by atoms with E-state index in [-0.39, 0.29) is 0 Å². The summed E-state index contributed by atoms with van der Waals surface area (Å²) in [6.45, 7) is 0. The Morgan fingerprint density at radius 1 is 0.257 bits per heavy atom. The van der Waals surface area contributed by atoms with E-state index in [1.807, 2.05) is 11.3 Å². The van der Waals surface area contributed by atoms with Crippen molar-refractivity contribution < 1.29 is 0 Å². The van der Waals surface area contributed by atoms with Crippen molar-refractivity contribution in [2.75, 3.05) is 4.90 Å². The molecule has 324 valence electrons. The maximum atomic E-state index is 2.54. The van der Waals surface area contributed by atoms with Gasteiger partial charge in [0.25, 0.3) is 0 Å². The second-order valence-electron chi connectivity index (χ2n) is 19.4. The molecular weight excluding hydrogens is 863 g/mol. The standard InChI is InChI=1S/C68H41NS/c1-2-18-42(19-3-1)69(43-36-38-50-49-24-8-12-31-58(49)67(62(50)40-43)56-29-10-4-20-45(56)46-21-5-11-30-57(46)67)44-37-39-55-63(41-44)68(59-32-13-6-22-47(59)48-23-7-14-33-60(48)68)61-34-17-26-52(65(55)61)54-28-16-27-53-51-25-9-15-35-64(51)70-66(53)54/h1-41H. The van der Waals surface area contributed by atoms with Crippen LogP contribution in [0.3, 0.4) is 0 Å². The molecule has 0 unspecified atom stereocenters. The van der Waals surface area contributed by atoms with Crippen LogP contribution in [0.4, 0.5) is 17.1 Å². The van der Waals surface area contributed by atoms with Crippen molar-refractivity contribution in [3.63, 3.8) is 0 Å². The van der Waals surface area contributed by atoms with E-state index < -0.39 is 10.8 Å². The van der Waals surface area contributed by atoms with Crippen LogP contribution in [-0.4, -0.2) is 0 Å². The first-order valence-electron chi connectivity index (χ1n) is 24.4. The highest BCUT2D eigenvalue weighted by Gasteiger charge is 2.54. The fraction of sp³-hybridized carbons (Fsp3) is 0.0294. The Balaban J connectivity index is 0.970. The molecule has 4 aliphatic carbocycles. The topological polar surface area (TPSA) is 3.24 Å². The largest absolute Gasteiger partial charge is 0.310 e. The van der Waals surface area contributed by atoms with Gasteiger partial charge in [0.15, 0.2) is 0 Å². The van der Waals surface area contributed by atoms with Crippen molar-refractivity contribution in [3.05, 3.63) is 293 Å². The molecular formula is C68H41NS. The summed E-state index contributed by atoms with van der Waals surface area (Å²) >= 11 is 1.91. The lowest BCUT2D eigenvalue weighted by Crippen LogP contribution is -2.26. The van der Waals surface area contributed by atoms with E-state index in [1.54, 1.807) is 0 Å². The van der Waals surface area contributed by atoms with E-state index in [4.69, 9.17) is 0 Å². The molecule has 16 rings (SSSR count). The number of fused-ring (bicyclic) bond motifs is 23. The summed E-state index contributed by atoms with van der Waals surface area (Å²) in [7, 11) is 0. The monoisotopic (exact) mass is 903 g/mol. The van der Waals surface area contributed by atoms with E-state index >= 15 is 0 Å². The maximum absolute atomic E-state index is 2.54. The third-order valence-corrected chi connectivity index (χ3v) is 17.5. The molecule has 0 amide bonds. The molecule has 12 aromatic rings. The molecule has 0 radical (unpaired) electrons. The molecule has 2 spiro atoms. The van der Waals surface area contributed by atoms with E-state index in [0.717, 1.165) is 17.1 Å².